The lowest BCUT2D eigenvalue weighted by Crippen LogP contribution is -2.38. The van der Waals surface area contributed by atoms with Crippen molar-refractivity contribution in [3.8, 4) is 0 Å². The number of rotatable bonds is 5. The van der Waals surface area contributed by atoms with Gasteiger partial charge in [-0.05, 0) is 79.3 Å². The van der Waals surface area contributed by atoms with Gasteiger partial charge in [0, 0.05) is 5.92 Å². The van der Waals surface area contributed by atoms with Gasteiger partial charge in [0.25, 0.3) is 10.1 Å². The molecule has 3 rings (SSSR count). The van der Waals surface area contributed by atoms with Crippen molar-refractivity contribution in [3.05, 3.63) is 22.6 Å². The van der Waals surface area contributed by atoms with E-state index in [0.717, 1.165) is 56.4 Å². The highest BCUT2D eigenvalue weighted by Crippen LogP contribution is 2.55. The van der Waals surface area contributed by atoms with Crippen LogP contribution in [0.1, 0.15) is 118 Å². The Labute approximate surface area is 203 Å². The topological polar surface area (TPSA) is 74.6 Å². The van der Waals surface area contributed by atoms with Crippen molar-refractivity contribution >= 4 is 10.1 Å². The van der Waals surface area contributed by atoms with Crippen molar-refractivity contribution < 1.29 is 18.1 Å². The van der Waals surface area contributed by atoms with E-state index in [1.54, 1.807) is 12.2 Å². The van der Waals surface area contributed by atoms with E-state index in [9.17, 15) is 18.1 Å². The fourth-order valence-electron chi connectivity index (χ4n) is 7.09. The number of allylic oxidation sites excluding steroid dienone is 1. The number of aliphatic hydroxyl groups is 1. The van der Waals surface area contributed by atoms with Gasteiger partial charge in [0.05, 0.1) is 11.0 Å². The average molecular weight is 481 g/mol. The summed E-state index contributed by atoms with van der Waals surface area (Å²) in [7, 11) is -4.33. The number of hydrogen-bond acceptors (Lipinski definition) is 3. The summed E-state index contributed by atoms with van der Waals surface area (Å²) in [5.41, 5.74) is 0.701. The Balaban J connectivity index is 2.02. The Hall–Kier alpha value is -0.650. The zero-order valence-corrected chi connectivity index (χ0v) is 22.3. The summed E-state index contributed by atoms with van der Waals surface area (Å²) >= 11 is 0. The lowest BCUT2D eigenvalue weighted by Gasteiger charge is -2.43. The average Bonchev–Trinajstić information content (AvgIpc) is 3.49. The summed E-state index contributed by atoms with van der Waals surface area (Å²) in [5, 5.41) is 11.7. The Kier molecular flexibility index (Phi) is 8.94. The lowest BCUT2D eigenvalue weighted by molar-refractivity contribution is 0.0849. The van der Waals surface area contributed by atoms with Crippen LogP contribution in [0, 0.1) is 28.6 Å². The van der Waals surface area contributed by atoms with Gasteiger partial charge in [0.2, 0.25) is 0 Å². The molecule has 3 aliphatic rings. The zero-order valence-electron chi connectivity index (χ0n) is 21.5. The van der Waals surface area contributed by atoms with Gasteiger partial charge < -0.3 is 5.11 Å². The summed E-state index contributed by atoms with van der Waals surface area (Å²) < 4.78 is 34.6. The summed E-state index contributed by atoms with van der Waals surface area (Å²) in [5.74, 6) is 1.19. The molecule has 2 bridgehead atoms. The molecule has 3 aliphatic carbocycles. The fraction of sp³-hybridized carbons (Fsp3) is 0.857. The van der Waals surface area contributed by atoms with Crippen LogP contribution in [0.25, 0.3) is 0 Å². The third-order valence-corrected chi connectivity index (χ3v) is 10.2. The van der Waals surface area contributed by atoms with Crippen molar-refractivity contribution in [2.75, 3.05) is 0 Å². The van der Waals surface area contributed by atoms with Crippen LogP contribution < -0.4 is 0 Å². The van der Waals surface area contributed by atoms with Gasteiger partial charge in [-0.15, -0.1) is 0 Å². The predicted octanol–water partition coefficient (Wildman–Crippen LogP) is 7.45. The SMILES string of the molecule is CCCC1(C)CCCCCCCC2CC2CC(CC)(CC)C2=CC(S(=O)(=O)O)=CC(C1)C2O. The van der Waals surface area contributed by atoms with Crippen molar-refractivity contribution in [2.24, 2.45) is 28.6 Å². The molecule has 190 valence electrons. The molecule has 0 aromatic heterocycles. The van der Waals surface area contributed by atoms with Gasteiger partial charge in [-0.2, -0.15) is 8.42 Å². The Bertz CT molecular complexity index is 823. The van der Waals surface area contributed by atoms with E-state index in [1.165, 1.54) is 44.9 Å². The van der Waals surface area contributed by atoms with E-state index in [1.807, 2.05) is 0 Å². The minimum atomic E-state index is -4.33. The Morgan fingerprint density at radius 3 is 2.30 bits per heavy atom. The molecular formula is C28H48O4S. The van der Waals surface area contributed by atoms with Crippen LogP contribution in [0.3, 0.4) is 0 Å². The highest BCUT2D eigenvalue weighted by atomic mass is 32.2. The molecule has 4 nitrogen and oxygen atoms in total. The standard InChI is InChI=1S/C28H48O4S/c1-5-14-27(4)15-12-10-8-9-11-13-21-16-22(21)20-28(6-2,7-3)25-18-24(33(30,31)32)17-23(19-27)26(25)29/h17-18,21-23,26,29H,5-16,19-20H2,1-4H3,(H,30,31,32). The Morgan fingerprint density at radius 1 is 1.00 bits per heavy atom. The molecule has 5 unspecified atom stereocenters. The van der Waals surface area contributed by atoms with E-state index >= 15 is 0 Å². The molecule has 0 radical (unpaired) electrons. The molecule has 2 fully saturated rings. The van der Waals surface area contributed by atoms with Crippen LogP contribution in [0.5, 0.6) is 0 Å². The third-order valence-electron chi connectivity index (χ3n) is 9.32. The quantitative estimate of drug-likeness (QED) is 0.401. The van der Waals surface area contributed by atoms with Crippen LogP contribution in [-0.4, -0.2) is 24.2 Å². The predicted molar refractivity (Wildman–Crippen MR) is 136 cm³/mol. The second kappa shape index (κ2) is 11.0. The first-order chi connectivity index (χ1) is 15.6. The van der Waals surface area contributed by atoms with E-state index in [4.69, 9.17) is 0 Å². The van der Waals surface area contributed by atoms with Gasteiger partial charge in [-0.25, -0.2) is 0 Å². The summed E-state index contributed by atoms with van der Waals surface area (Å²) in [6.07, 6.45) is 18.4. The molecule has 2 saturated carbocycles. The second-order valence-corrected chi connectivity index (χ2v) is 13.2. The maximum Gasteiger partial charge on any atom is 0.294 e. The van der Waals surface area contributed by atoms with Crippen molar-refractivity contribution in [3.63, 3.8) is 0 Å². The van der Waals surface area contributed by atoms with Crippen LogP contribution >= 0.6 is 0 Å². The van der Waals surface area contributed by atoms with Crippen LogP contribution in [0.2, 0.25) is 0 Å². The van der Waals surface area contributed by atoms with Crippen LogP contribution in [0.4, 0.5) is 0 Å². The molecule has 0 aliphatic heterocycles. The highest BCUT2D eigenvalue weighted by Gasteiger charge is 2.47. The molecular weight excluding hydrogens is 432 g/mol. The maximum atomic E-state index is 12.3. The fourth-order valence-corrected chi connectivity index (χ4v) is 7.71. The molecule has 2 N–H and O–H groups in total. The Morgan fingerprint density at radius 2 is 1.67 bits per heavy atom. The normalized spacial score (nSPS) is 35.8. The molecule has 0 spiro atoms. The van der Waals surface area contributed by atoms with Crippen molar-refractivity contribution in [1.29, 1.82) is 0 Å². The van der Waals surface area contributed by atoms with E-state index in [2.05, 4.69) is 27.7 Å². The minimum absolute atomic E-state index is 0.00798. The molecule has 33 heavy (non-hydrogen) atoms. The van der Waals surface area contributed by atoms with Crippen LogP contribution in [0.15, 0.2) is 22.6 Å². The van der Waals surface area contributed by atoms with Gasteiger partial charge in [0.15, 0.2) is 0 Å². The molecule has 5 atom stereocenters. The first-order valence-corrected chi connectivity index (χ1v) is 15.1. The van der Waals surface area contributed by atoms with Gasteiger partial charge in [-0.1, -0.05) is 78.7 Å². The molecule has 0 aromatic carbocycles. The summed E-state index contributed by atoms with van der Waals surface area (Å²) in [6, 6.07) is 0. The van der Waals surface area contributed by atoms with Gasteiger partial charge in [0.1, 0.15) is 0 Å². The smallest absolute Gasteiger partial charge is 0.294 e. The highest BCUT2D eigenvalue weighted by molar-refractivity contribution is 7.90. The number of fused-ring (bicyclic) bond motifs is 3. The minimum Gasteiger partial charge on any atom is -0.388 e. The first-order valence-electron chi connectivity index (χ1n) is 13.7. The van der Waals surface area contributed by atoms with Gasteiger partial charge in [-0.3, -0.25) is 4.55 Å². The monoisotopic (exact) mass is 480 g/mol. The molecule has 0 aromatic rings. The molecule has 0 amide bonds. The van der Waals surface area contributed by atoms with E-state index in [0.29, 0.717) is 5.92 Å². The van der Waals surface area contributed by atoms with Crippen LogP contribution in [-0.2, 0) is 10.1 Å². The van der Waals surface area contributed by atoms with Gasteiger partial charge >= 0.3 is 0 Å². The lowest BCUT2D eigenvalue weighted by atomic mass is 9.64. The number of aliphatic hydroxyl groups excluding tert-OH is 1. The zero-order chi connectivity index (χ0) is 24.3. The maximum absolute atomic E-state index is 12.3. The van der Waals surface area contributed by atoms with Crippen molar-refractivity contribution in [1.82, 2.24) is 0 Å². The third kappa shape index (κ3) is 6.52. The summed E-state index contributed by atoms with van der Waals surface area (Å²) in [4.78, 5) is -0.00798. The molecule has 0 saturated heterocycles. The van der Waals surface area contributed by atoms with E-state index in [-0.39, 0.29) is 21.7 Å². The molecule has 5 heteroatoms. The second-order valence-electron chi connectivity index (χ2n) is 11.8. The van der Waals surface area contributed by atoms with E-state index < -0.39 is 16.2 Å². The first kappa shape index (κ1) is 26.9. The summed E-state index contributed by atoms with van der Waals surface area (Å²) in [6.45, 7) is 8.87. The van der Waals surface area contributed by atoms with Crippen molar-refractivity contribution in [2.45, 2.75) is 124 Å². The number of hydrogen-bond donors (Lipinski definition) is 2. The largest absolute Gasteiger partial charge is 0.388 e. The molecule has 0 heterocycles.